The molecule has 4 aromatic rings. The number of H-pyrrole nitrogens is 1. The monoisotopic (exact) mass is 429 g/mol. The van der Waals surface area contributed by atoms with Crippen molar-refractivity contribution in [3.63, 3.8) is 0 Å². The molecule has 0 saturated carbocycles. The van der Waals surface area contributed by atoms with Gasteiger partial charge in [-0.3, -0.25) is 9.78 Å². The van der Waals surface area contributed by atoms with Crippen LogP contribution in [0.1, 0.15) is 41.5 Å². The Morgan fingerprint density at radius 1 is 1.12 bits per heavy atom. The van der Waals surface area contributed by atoms with Gasteiger partial charge in [-0.05, 0) is 30.4 Å². The lowest BCUT2D eigenvalue weighted by Crippen LogP contribution is -2.19. The van der Waals surface area contributed by atoms with Crippen molar-refractivity contribution in [2.24, 2.45) is 5.92 Å². The molecule has 0 spiro atoms. The van der Waals surface area contributed by atoms with E-state index in [4.69, 9.17) is 0 Å². The van der Waals surface area contributed by atoms with E-state index >= 15 is 0 Å². The summed E-state index contributed by atoms with van der Waals surface area (Å²) >= 11 is 0. The Balaban J connectivity index is 1.52. The number of hydrogen-bond donors (Lipinski definition) is 3. The van der Waals surface area contributed by atoms with Gasteiger partial charge in [0.1, 0.15) is 18.0 Å². The molecule has 0 fully saturated rings. The van der Waals surface area contributed by atoms with Gasteiger partial charge < -0.3 is 15.6 Å². The van der Waals surface area contributed by atoms with Crippen molar-refractivity contribution < 1.29 is 4.79 Å². The molecule has 0 aliphatic heterocycles. The molecule has 164 valence electrons. The second-order valence-electron chi connectivity index (χ2n) is 8.00. The number of aromatic amines is 1. The molecule has 0 aliphatic carbocycles. The van der Waals surface area contributed by atoms with Crippen molar-refractivity contribution >= 4 is 22.6 Å². The average molecular weight is 430 g/mol. The molecule has 0 saturated heterocycles. The summed E-state index contributed by atoms with van der Waals surface area (Å²) in [6.45, 7) is 7.02. The molecular weight excluding hydrogens is 402 g/mol. The van der Waals surface area contributed by atoms with E-state index in [1.807, 2.05) is 25.1 Å². The van der Waals surface area contributed by atoms with E-state index in [0.717, 1.165) is 46.0 Å². The number of aromatic nitrogens is 5. The Hall–Kier alpha value is -3.81. The van der Waals surface area contributed by atoms with Crippen LogP contribution in [-0.2, 0) is 0 Å². The number of carbonyl (C=O) groups is 1. The molecule has 2 atom stereocenters. The lowest BCUT2D eigenvalue weighted by Gasteiger charge is -2.22. The molecule has 0 aliphatic rings. The first kappa shape index (κ1) is 21.4. The van der Waals surface area contributed by atoms with Crippen LogP contribution in [0.15, 0.2) is 49.1 Å². The number of pyridine rings is 1. The molecule has 3 aromatic heterocycles. The topological polar surface area (TPSA) is 108 Å². The van der Waals surface area contributed by atoms with E-state index in [1.165, 1.54) is 0 Å². The zero-order valence-electron chi connectivity index (χ0n) is 18.7. The summed E-state index contributed by atoms with van der Waals surface area (Å²) in [4.78, 5) is 33.0. The highest BCUT2D eigenvalue weighted by atomic mass is 16.1. The largest absolute Gasteiger partial charge is 0.370 e. The van der Waals surface area contributed by atoms with Gasteiger partial charge in [-0.15, -0.1) is 0 Å². The second kappa shape index (κ2) is 9.13. The van der Waals surface area contributed by atoms with Gasteiger partial charge in [-0.1, -0.05) is 32.0 Å². The summed E-state index contributed by atoms with van der Waals surface area (Å²) in [7, 11) is 1.64. The van der Waals surface area contributed by atoms with Gasteiger partial charge >= 0.3 is 0 Å². The molecule has 4 rings (SSSR count). The number of rotatable bonds is 7. The second-order valence-corrected chi connectivity index (χ2v) is 8.00. The Labute approximate surface area is 186 Å². The smallest absolute Gasteiger partial charge is 0.251 e. The lowest BCUT2D eigenvalue weighted by molar-refractivity contribution is 0.0964. The fourth-order valence-corrected chi connectivity index (χ4v) is 3.80. The summed E-state index contributed by atoms with van der Waals surface area (Å²) in [6, 6.07) is 9.71. The van der Waals surface area contributed by atoms with Crippen LogP contribution in [0.4, 0.5) is 5.82 Å². The number of benzene rings is 1. The zero-order valence-corrected chi connectivity index (χ0v) is 18.7. The van der Waals surface area contributed by atoms with Crippen LogP contribution in [0.3, 0.4) is 0 Å². The molecule has 3 heterocycles. The molecule has 8 heteroatoms. The van der Waals surface area contributed by atoms with E-state index in [1.54, 1.807) is 31.8 Å². The van der Waals surface area contributed by atoms with E-state index in [0.29, 0.717) is 11.5 Å². The summed E-state index contributed by atoms with van der Waals surface area (Å²) in [6.07, 6.45) is 5.02. The fourth-order valence-electron chi connectivity index (χ4n) is 3.80. The first-order valence-corrected chi connectivity index (χ1v) is 10.7. The molecule has 3 N–H and O–H groups in total. The number of fused-ring (bicyclic) bond motifs is 1. The fraction of sp³-hybridized carbons (Fsp3) is 0.292. The maximum atomic E-state index is 12.3. The normalized spacial score (nSPS) is 13.0. The Morgan fingerprint density at radius 3 is 2.72 bits per heavy atom. The van der Waals surface area contributed by atoms with Crippen LogP contribution < -0.4 is 10.6 Å². The van der Waals surface area contributed by atoms with Gasteiger partial charge in [0.2, 0.25) is 0 Å². The Morgan fingerprint density at radius 2 is 1.97 bits per heavy atom. The maximum Gasteiger partial charge on any atom is 0.251 e. The quantitative estimate of drug-likeness (QED) is 0.411. The van der Waals surface area contributed by atoms with Crippen LogP contribution in [0, 0.1) is 12.8 Å². The van der Waals surface area contributed by atoms with Gasteiger partial charge in [-0.2, -0.15) is 0 Å². The third kappa shape index (κ3) is 4.30. The molecule has 2 unspecified atom stereocenters. The van der Waals surface area contributed by atoms with E-state index in [2.05, 4.69) is 55.5 Å². The van der Waals surface area contributed by atoms with Crippen LogP contribution >= 0.6 is 0 Å². The number of anilines is 1. The highest BCUT2D eigenvalue weighted by Crippen LogP contribution is 2.31. The van der Waals surface area contributed by atoms with Crippen molar-refractivity contribution in [2.45, 2.75) is 26.7 Å². The zero-order chi connectivity index (χ0) is 22.7. The van der Waals surface area contributed by atoms with Crippen molar-refractivity contribution in [3.05, 3.63) is 66.0 Å². The minimum Gasteiger partial charge on any atom is -0.370 e. The van der Waals surface area contributed by atoms with Crippen LogP contribution in [-0.4, -0.2) is 44.4 Å². The molecule has 1 amide bonds. The Bertz CT molecular complexity index is 1250. The van der Waals surface area contributed by atoms with E-state index < -0.39 is 0 Å². The molecule has 32 heavy (non-hydrogen) atoms. The summed E-state index contributed by atoms with van der Waals surface area (Å²) in [5.74, 6) is 2.01. The standard InChI is InChI=1S/C24H27N7O/c1-14(11-28-22-10-20(29-13-30-22)21-12-27-16(3)31-21)15(2)17-6-5-7-18-19(24(32)25-4)8-9-26-23(17)18/h5-10,12-15H,11H2,1-4H3,(H,25,32)(H,27,31)(H,28,29,30). The van der Waals surface area contributed by atoms with Crippen molar-refractivity contribution in [2.75, 3.05) is 18.9 Å². The van der Waals surface area contributed by atoms with Crippen LogP contribution in [0.2, 0.25) is 0 Å². The van der Waals surface area contributed by atoms with Crippen molar-refractivity contribution in [1.82, 2.24) is 30.2 Å². The minimum absolute atomic E-state index is 0.107. The minimum atomic E-state index is -0.107. The van der Waals surface area contributed by atoms with Crippen LogP contribution in [0.5, 0.6) is 0 Å². The number of imidazole rings is 1. The van der Waals surface area contributed by atoms with Gasteiger partial charge in [-0.25, -0.2) is 15.0 Å². The average Bonchev–Trinajstić information content (AvgIpc) is 3.27. The first-order chi connectivity index (χ1) is 15.5. The highest BCUT2D eigenvalue weighted by Gasteiger charge is 2.19. The maximum absolute atomic E-state index is 12.3. The first-order valence-electron chi connectivity index (χ1n) is 10.7. The highest BCUT2D eigenvalue weighted by molar-refractivity contribution is 6.06. The van der Waals surface area contributed by atoms with Gasteiger partial charge in [0.15, 0.2) is 0 Å². The van der Waals surface area contributed by atoms with Crippen LogP contribution in [0.25, 0.3) is 22.3 Å². The molecule has 8 nitrogen and oxygen atoms in total. The van der Waals surface area contributed by atoms with Crippen molar-refractivity contribution in [1.29, 1.82) is 0 Å². The predicted octanol–water partition coefficient (Wildman–Crippen LogP) is 3.93. The van der Waals surface area contributed by atoms with Gasteiger partial charge in [0.25, 0.3) is 5.91 Å². The number of hydrogen-bond acceptors (Lipinski definition) is 6. The number of nitrogens with zero attached hydrogens (tertiary/aromatic N) is 4. The number of para-hydroxylation sites is 1. The Kier molecular flexibility index (Phi) is 6.11. The predicted molar refractivity (Wildman–Crippen MR) is 126 cm³/mol. The van der Waals surface area contributed by atoms with Gasteiger partial charge in [0, 0.05) is 31.2 Å². The number of carbonyl (C=O) groups excluding carboxylic acids is 1. The molecule has 0 bridgehead atoms. The SMILES string of the molecule is CNC(=O)c1ccnc2c(C(C)C(C)CNc3cc(-c4cnc(C)[nH]4)ncn3)cccc12. The van der Waals surface area contributed by atoms with Gasteiger partial charge in [0.05, 0.1) is 28.7 Å². The number of aryl methyl sites for hydroxylation is 1. The summed E-state index contributed by atoms with van der Waals surface area (Å²) in [5, 5.41) is 7.00. The number of amides is 1. The number of nitrogens with one attached hydrogen (secondary N) is 3. The third-order valence-electron chi connectivity index (χ3n) is 5.87. The summed E-state index contributed by atoms with van der Waals surface area (Å²) in [5.41, 5.74) is 4.29. The van der Waals surface area contributed by atoms with Crippen molar-refractivity contribution in [3.8, 4) is 11.4 Å². The lowest BCUT2D eigenvalue weighted by atomic mass is 9.87. The molecular formula is C24H27N7O. The molecule has 0 radical (unpaired) electrons. The third-order valence-corrected chi connectivity index (χ3v) is 5.87. The van der Waals surface area contributed by atoms with E-state index in [-0.39, 0.29) is 11.8 Å². The van der Waals surface area contributed by atoms with E-state index in [9.17, 15) is 4.79 Å². The molecule has 1 aromatic carbocycles. The summed E-state index contributed by atoms with van der Waals surface area (Å²) < 4.78 is 0.